The molecule has 0 saturated heterocycles. The summed E-state index contributed by atoms with van der Waals surface area (Å²) in [6.45, 7) is 7.42. The molecule has 0 bridgehead atoms. The molecule has 0 spiro atoms. The van der Waals surface area contributed by atoms with Crippen LogP contribution in [0.5, 0.6) is 0 Å². The van der Waals surface area contributed by atoms with Gasteiger partial charge in [0.2, 0.25) is 0 Å². The molecule has 0 radical (unpaired) electrons. The Balaban J connectivity index is 3.29. The molecule has 20 heavy (non-hydrogen) atoms. The van der Waals surface area contributed by atoms with Crippen LogP contribution in [0.1, 0.15) is 13.3 Å². The second-order valence-corrected chi connectivity index (χ2v) is 4.19. The molecule has 6 nitrogen and oxygen atoms in total. The van der Waals surface area contributed by atoms with E-state index in [9.17, 15) is 0 Å². The van der Waals surface area contributed by atoms with E-state index in [-0.39, 0.29) is 6.10 Å². The van der Waals surface area contributed by atoms with Crippen LogP contribution in [0, 0.1) is 0 Å². The van der Waals surface area contributed by atoms with Crippen molar-refractivity contribution < 1.29 is 28.4 Å². The Bertz CT molecular complexity index is 179. The molecule has 0 N–H and O–H groups in total. The van der Waals surface area contributed by atoms with E-state index in [2.05, 4.69) is 6.92 Å². The van der Waals surface area contributed by atoms with E-state index in [1.807, 2.05) is 0 Å². The lowest BCUT2D eigenvalue weighted by Gasteiger charge is -2.16. The van der Waals surface area contributed by atoms with Gasteiger partial charge in [-0.15, -0.1) is 0 Å². The number of ether oxygens (including phenoxy) is 6. The van der Waals surface area contributed by atoms with E-state index in [1.54, 1.807) is 14.2 Å². The standard InChI is InChI=1S/C14H30O6/c1-4-14(20-12-11-18-8-6-16-3)13-19-10-9-17-7-5-15-2/h14H,4-13H2,1-3H3. The monoisotopic (exact) mass is 294 g/mol. The second kappa shape index (κ2) is 16.8. The van der Waals surface area contributed by atoms with Gasteiger partial charge in [0.25, 0.3) is 0 Å². The Morgan fingerprint density at radius 2 is 1.15 bits per heavy atom. The molecule has 0 aliphatic carbocycles. The van der Waals surface area contributed by atoms with Gasteiger partial charge in [0.1, 0.15) is 0 Å². The fourth-order valence-corrected chi connectivity index (χ4v) is 1.38. The highest BCUT2D eigenvalue weighted by molar-refractivity contribution is 4.53. The van der Waals surface area contributed by atoms with Crippen LogP contribution in [0.15, 0.2) is 0 Å². The van der Waals surface area contributed by atoms with Crippen LogP contribution in [0.25, 0.3) is 0 Å². The van der Waals surface area contributed by atoms with Crippen molar-refractivity contribution in [2.24, 2.45) is 0 Å². The van der Waals surface area contributed by atoms with Crippen LogP contribution in [0.2, 0.25) is 0 Å². The summed E-state index contributed by atoms with van der Waals surface area (Å²) in [6.07, 6.45) is 1.03. The summed E-state index contributed by atoms with van der Waals surface area (Å²) < 4.78 is 31.6. The average Bonchev–Trinajstić information content (AvgIpc) is 2.47. The molecule has 1 atom stereocenters. The van der Waals surface area contributed by atoms with Gasteiger partial charge in [0, 0.05) is 14.2 Å². The van der Waals surface area contributed by atoms with Crippen molar-refractivity contribution >= 4 is 0 Å². The Hall–Kier alpha value is -0.240. The third kappa shape index (κ3) is 14.2. The van der Waals surface area contributed by atoms with Gasteiger partial charge in [-0.25, -0.2) is 0 Å². The summed E-state index contributed by atoms with van der Waals surface area (Å²) >= 11 is 0. The summed E-state index contributed by atoms with van der Waals surface area (Å²) in [7, 11) is 3.31. The van der Waals surface area contributed by atoms with Crippen LogP contribution in [0.4, 0.5) is 0 Å². The summed E-state index contributed by atoms with van der Waals surface area (Å²) in [5.74, 6) is 0. The van der Waals surface area contributed by atoms with E-state index in [4.69, 9.17) is 28.4 Å². The fraction of sp³-hybridized carbons (Fsp3) is 1.00. The minimum absolute atomic E-state index is 0.111. The van der Waals surface area contributed by atoms with Gasteiger partial charge < -0.3 is 28.4 Å². The first-order valence-corrected chi connectivity index (χ1v) is 7.17. The largest absolute Gasteiger partial charge is 0.382 e. The summed E-state index contributed by atoms with van der Waals surface area (Å²) in [5.41, 5.74) is 0. The first kappa shape index (κ1) is 19.8. The lowest BCUT2D eigenvalue weighted by atomic mass is 10.3. The van der Waals surface area contributed by atoms with E-state index in [0.29, 0.717) is 59.5 Å². The predicted molar refractivity (Wildman–Crippen MR) is 76.2 cm³/mol. The highest BCUT2D eigenvalue weighted by atomic mass is 16.6. The van der Waals surface area contributed by atoms with Crippen LogP contribution in [-0.4, -0.2) is 79.8 Å². The predicted octanol–water partition coefficient (Wildman–Crippen LogP) is 1.12. The maximum atomic E-state index is 5.66. The molecule has 0 aliphatic heterocycles. The quantitative estimate of drug-likeness (QED) is 0.398. The molecular formula is C14H30O6. The van der Waals surface area contributed by atoms with E-state index < -0.39 is 0 Å². The third-order valence-corrected chi connectivity index (χ3v) is 2.58. The van der Waals surface area contributed by atoms with Gasteiger partial charge in [0.15, 0.2) is 0 Å². The van der Waals surface area contributed by atoms with Crippen molar-refractivity contribution in [3.05, 3.63) is 0 Å². The molecule has 122 valence electrons. The number of hydrogen-bond acceptors (Lipinski definition) is 6. The Kier molecular flexibility index (Phi) is 16.6. The lowest BCUT2D eigenvalue weighted by molar-refractivity contribution is -0.0528. The number of hydrogen-bond donors (Lipinski definition) is 0. The van der Waals surface area contributed by atoms with E-state index >= 15 is 0 Å². The zero-order chi connectivity index (χ0) is 14.9. The maximum absolute atomic E-state index is 5.66. The molecule has 6 heteroatoms. The van der Waals surface area contributed by atoms with Crippen molar-refractivity contribution in [3.63, 3.8) is 0 Å². The average molecular weight is 294 g/mol. The van der Waals surface area contributed by atoms with Gasteiger partial charge >= 0.3 is 0 Å². The Labute approximate surface area is 122 Å². The Morgan fingerprint density at radius 1 is 0.650 bits per heavy atom. The normalized spacial score (nSPS) is 12.8. The molecule has 0 aliphatic rings. The maximum Gasteiger partial charge on any atom is 0.0807 e. The summed E-state index contributed by atoms with van der Waals surface area (Å²) in [5, 5.41) is 0. The molecule has 0 amide bonds. The molecule has 1 unspecified atom stereocenters. The van der Waals surface area contributed by atoms with Crippen LogP contribution in [-0.2, 0) is 28.4 Å². The van der Waals surface area contributed by atoms with Gasteiger partial charge in [-0.3, -0.25) is 0 Å². The summed E-state index contributed by atoms with van der Waals surface area (Å²) in [6, 6.07) is 0. The van der Waals surface area contributed by atoms with E-state index in [1.165, 1.54) is 0 Å². The van der Waals surface area contributed by atoms with E-state index in [0.717, 1.165) is 6.42 Å². The zero-order valence-electron chi connectivity index (χ0n) is 13.1. The highest BCUT2D eigenvalue weighted by Gasteiger charge is 2.06. The number of rotatable bonds is 16. The fourth-order valence-electron chi connectivity index (χ4n) is 1.38. The van der Waals surface area contributed by atoms with Gasteiger partial charge in [0.05, 0.1) is 65.6 Å². The third-order valence-electron chi connectivity index (χ3n) is 2.58. The van der Waals surface area contributed by atoms with Gasteiger partial charge in [-0.1, -0.05) is 6.92 Å². The zero-order valence-corrected chi connectivity index (χ0v) is 13.1. The van der Waals surface area contributed by atoms with Crippen molar-refractivity contribution in [3.8, 4) is 0 Å². The van der Waals surface area contributed by atoms with Crippen molar-refractivity contribution in [1.29, 1.82) is 0 Å². The lowest BCUT2D eigenvalue weighted by Crippen LogP contribution is -2.23. The summed E-state index contributed by atoms with van der Waals surface area (Å²) in [4.78, 5) is 0. The highest BCUT2D eigenvalue weighted by Crippen LogP contribution is 1.99. The topological polar surface area (TPSA) is 55.4 Å². The molecule has 0 rings (SSSR count). The van der Waals surface area contributed by atoms with Gasteiger partial charge in [-0.05, 0) is 6.42 Å². The molecule has 0 aromatic rings. The van der Waals surface area contributed by atoms with Crippen molar-refractivity contribution in [2.45, 2.75) is 19.4 Å². The molecule has 0 aromatic carbocycles. The minimum Gasteiger partial charge on any atom is -0.382 e. The molecular weight excluding hydrogens is 264 g/mol. The SMILES string of the molecule is CCC(COCCOCCOC)OCCOCCOC. The van der Waals surface area contributed by atoms with Crippen molar-refractivity contribution in [1.82, 2.24) is 0 Å². The second-order valence-electron chi connectivity index (χ2n) is 4.19. The smallest absolute Gasteiger partial charge is 0.0807 e. The molecule has 0 heterocycles. The molecule has 0 saturated carbocycles. The van der Waals surface area contributed by atoms with Gasteiger partial charge in [-0.2, -0.15) is 0 Å². The minimum atomic E-state index is 0.111. The van der Waals surface area contributed by atoms with Crippen LogP contribution < -0.4 is 0 Å². The Morgan fingerprint density at radius 3 is 1.70 bits per heavy atom. The number of methoxy groups -OCH3 is 2. The van der Waals surface area contributed by atoms with Crippen molar-refractivity contribution in [2.75, 3.05) is 73.7 Å². The molecule has 0 aromatic heterocycles. The van der Waals surface area contributed by atoms with Crippen LogP contribution in [0.3, 0.4) is 0 Å². The first-order chi connectivity index (χ1) is 9.85. The molecule has 0 fully saturated rings. The van der Waals surface area contributed by atoms with Crippen LogP contribution >= 0.6 is 0 Å². The first-order valence-electron chi connectivity index (χ1n) is 7.17.